The molecule has 0 unspecified atom stereocenters. The first-order chi connectivity index (χ1) is 9.95. The van der Waals surface area contributed by atoms with Crippen molar-refractivity contribution in [3.05, 3.63) is 51.9 Å². The molecule has 2 rings (SSSR count). The number of carboxylic acids is 2. The van der Waals surface area contributed by atoms with Gasteiger partial charge >= 0.3 is 11.9 Å². The average Bonchev–Trinajstić information content (AvgIpc) is 2.40. The van der Waals surface area contributed by atoms with Crippen LogP contribution in [0.25, 0.3) is 0 Å². The highest BCUT2D eigenvalue weighted by molar-refractivity contribution is 5.86. The first-order valence-electron chi connectivity index (χ1n) is 5.86. The molecule has 1 aromatic carbocycles. The minimum atomic E-state index is -1.35. The fourth-order valence-corrected chi connectivity index (χ4v) is 1.63. The van der Waals surface area contributed by atoms with Crippen LogP contribution in [0.5, 0.6) is 0 Å². The Bertz CT molecular complexity index is 736. The Morgan fingerprint density at radius 3 is 2.38 bits per heavy atom. The van der Waals surface area contributed by atoms with Gasteiger partial charge < -0.3 is 15.5 Å². The van der Waals surface area contributed by atoms with Crippen LogP contribution in [0.4, 0.5) is 11.6 Å². The van der Waals surface area contributed by atoms with Crippen molar-refractivity contribution in [2.75, 3.05) is 5.32 Å². The molecule has 0 aliphatic rings. The highest BCUT2D eigenvalue weighted by atomic mass is 16.4. The third-order valence-electron chi connectivity index (χ3n) is 2.60. The van der Waals surface area contributed by atoms with Gasteiger partial charge in [0, 0.05) is 5.69 Å². The van der Waals surface area contributed by atoms with E-state index >= 15 is 0 Å². The molecule has 0 saturated heterocycles. The molecule has 0 aliphatic heterocycles. The standard InChI is InChI=1S/C13H11N3O5/c17-10(18)5-7-1-3-8(4-2-7)15-13-14-6-9(12(20)21)11(19)16-13/h1-4,6H,5H2,(H,17,18)(H,20,21)(H2,14,15,16,19). The highest BCUT2D eigenvalue weighted by Gasteiger charge is 2.09. The Kier molecular flexibility index (Phi) is 3.98. The molecule has 8 nitrogen and oxygen atoms in total. The lowest BCUT2D eigenvalue weighted by atomic mass is 10.1. The predicted molar refractivity (Wildman–Crippen MR) is 72.9 cm³/mol. The number of carbonyl (C=O) groups is 2. The van der Waals surface area contributed by atoms with E-state index in [-0.39, 0.29) is 12.4 Å². The summed E-state index contributed by atoms with van der Waals surface area (Å²) in [7, 11) is 0. The van der Waals surface area contributed by atoms with Crippen LogP contribution >= 0.6 is 0 Å². The van der Waals surface area contributed by atoms with E-state index in [1.165, 1.54) is 0 Å². The zero-order valence-corrected chi connectivity index (χ0v) is 10.7. The normalized spacial score (nSPS) is 10.1. The molecule has 1 aromatic heterocycles. The second kappa shape index (κ2) is 5.87. The first kappa shape index (κ1) is 14.3. The molecule has 0 atom stereocenters. The van der Waals surface area contributed by atoms with Gasteiger partial charge in [0.2, 0.25) is 5.95 Å². The van der Waals surface area contributed by atoms with Crippen molar-refractivity contribution in [2.45, 2.75) is 6.42 Å². The van der Waals surface area contributed by atoms with Crippen molar-refractivity contribution in [2.24, 2.45) is 0 Å². The van der Waals surface area contributed by atoms with Gasteiger partial charge in [-0.1, -0.05) is 12.1 Å². The highest BCUT2D eigenvalue weighted by Crippen LogP contribution is 2.13. The van der Waals surface area contributed by atoms with Gasteiger partial charge in [-0.15, -0.1) is 0 Å². The van der Waals surface area contributed by atoms with Gasteiger partial charge in [0.15, 0.2) is 0 Å². The van der Waals surface area contributed by atoms with Crippen molar-refractivity contribution in [1.29, 1.82) is 0 Å². The molecule has 1 heterocycles. The van der Waals surface area contributed by atoms with Crippen LogP contribution in [0.15, 0.2) is 35.3 Å². The quantitative estimate of drug-likeness (QED) is 0.641. The predicted octanol–water partition coefficient (Wildman–Crippen LogP) is 0.839. The zero-order valence-electron chi connectivity index (χ0n) is 10.7. The second-order valence-corrected chi connectivity index (χ2v) is 4.17. The number of rotatable bonds is 5. The lowest BCUT2D eigenvalue weighted by Gasteiger charge is -2.06. The van der Waals surface area contributed by atoms with Crippen molar-refractivity contribution < 1.29 is 19.8 Å². The molecule has 8 heteroatoms. The lowest BCUT2D eigenvalue weighted by molar-refractivity contribution is -0.136. The monoisotopic (exact) mass is 289 g/mol. The fourth-order valence-electron chi connectivity index (χ4n) is 1.63. The molecule has 0 fully saturated rings. The van der Waals surface area contributed by atoms with Gasteiger partial charge in [-0.05, 0) is 17.7 Å². The number of benzene rings is 1. The van der Waals surface area contributed by atoms with Gasteiger partial charge in [-0.25, -0.2) is 9.78 Å². The number of anilines is 2. The lowest BCUT2D eigenvalue weighted by Crippen LogP contribution is -2.19. The van der Waals surface area contributed by atoms with Gasteiger partial charge in [-0.3, -0.25) is 14.6 Å². The van der Waals surface area contributed by atoms with Crippen LogP contribution in [0, 0.1) is 0 Å². The van der Waals surface area contributed by atoms with E-state index in [0.29, 0.717) is 11.3 Å². The van der Waals surface area contributed by atoms with Gasteiger partial charge in [-0.2, -0.15) is 0 Å². The summed E-state index contributed by atoms with van der Waals surface area (Å²) >= 11 is 0. The van der Waals surface area contributed by atoms with Crippen LogP contribution in [-0.4, -0.2) is 32.1 Å². The van der Waals surface area contributed by atoms with Gasteiger partial charge in [0.25, 0.3) is 5.56 Å². The number of aromatic nitrogens is 2. The van der Waals surface area contributed by atoms with Gasteiger partial charge in [0.1, 0.15) is 5.56 Å². The van der Waals surface area contributed by atoms with Crippen molar-refractivity contribution in [1.82, 2.24) is 9.97 Å². The summed E-state index contributed by atoms with van der Waals surface area (Å²) in [6, 6.07) is 6.51. The number of carboxylic acid groups (broad SMARTS) is 2. The third kappa shape index (κ3) is 3.66. The van der Waals surface area contributed by atoms with Crippen LogP contribution in [0.1, 0.15) is 15.9 Å². The van der Waals surface area contributed by atoms with Gasteiger partial charge in [0.05, 0.1) is 12.6 Å². The molecule has 2 aromatic rings. The van der Waals surface area contributed by atoms with Crippen molar-refractivity contribution in [3.8, 4) is 0 Å². The van der Waals surface area contributed by atoms with Crippen LogP contribution in [-0.2, 0) is 11.2 Å². The molecule has 21 heavy (non-hydrogen) atoms. The summed E-state index contributed by atoms with van der Waals surface area (Å²) < 4.78 is 0. The van der Waals surface area contributed by atoms with Crippen LogP contribution in [0.3, 0.4) is 0 Å². The van der Waals surface area contributed by atoms with E-state index in [9.17, 15) is 14.4 Å². The summed E-state index contributed by atoms with van der Waals surface area (Å²) in [5, 5.41) is 20.2. The van der Waals surface area contributed by atoms with E-state index in [1.807, 2.05) is 0 Å². The Morgan fingerprint density at radius 2 is 1.86 bits per heavy atom. The fraction of sp³-hybridized carbons (Fsp3) is 0.0769. The molecule has 0 aliphatic carbocycles. The van der Waals surface area contributed by atoms with Crippen molar-refractivity contribution >= 4 is 23.6 Å². The molecular weight excluding hydrogens is 278 g/mol. The number of aromatic carboxylic acids is 1. The molecule has 0 spiro atoms. The molecule has 0 bridgehead atoms. The summed E-state index contributed by atoms with van der Waals surface area (Å²) in [6.45, 7) is 0. The first-order valence-corrected chi connectivity index (χ1v) is 5.86. The second-order valence-electron chi connectivity index (χ2n) is 4.17. The third-order valence-corrected chi connectivity index (χ3v) is 2.60. The minimum Gasteiger partial charge on any atom is -0.481 e. The van der Waals surface area contributed by atoms with Crippen LogP contribution < -0.4 is 10.9 Å². The summed E-state index contributed by atoms with van der Waals surface area (Å²) in [4.78, 5) is 38.8. The number of H-pyrrole nitrogens is 1. The summed E-state index contributed by atoms with van der Waals surface area (Å²) in [5.74, 6) is -2.18. The number of hydrogen-bond acceptors (Lipinski definition) is 5. The van der Waals surface area contributed by atoms with E-state index in [2.05, 4.69) is 15.3 Å². The average molecular weight is 289 g/mol. The molecule has 4 N–H and O–H groups in total. The minimum absolute atomic E-state index is 0.0807. The van der Waals surface area contributed by atoms with E-state index in [4.69, 9.17) is 10.2 Å². The van der Waals surface area contributed by atoms with Crippen molar-refractivity contribution in [3.63, 3.8) is 0 Å². The summed E-state index contributed by atoms with van der Waals surface area (Å²) in [6.07, 6.45) is 0.880. The Morgan fingerprint density at radius 1 is 1.19 bits per heavy atom. The number of aliphatic carboxylic acids is 1. The summed E-state index contributed by atoms with van der Waals surface area (Å²) in [5.41, 5.74) is 0.00550. The maximum absolute atomic E-state index is 11.5. The molecule has 0 saturated carbocycles. The maximum atomic E-state index is 11.5. The Balaban J connectivity index is 2.15. The number of hydrogen-bond donors (Lipinski definition) is 4. The van der Waals surface area contributed by atoms with E-state index in [0.717, 1.165) is 6.20 Å². The molecule has 108 valence electrons. The van der Waals surface area contributed by atoms with Crippen LogP contribution in [0.2, 0.25) is 0 Å². The Labute approximate surface area is 118 Å². The molecule has 0 radical (unpaired) electrons. The van der Waals surface area contributed by atoms with E-state index < -0.39 is 23.1 Å². The number of aromatic amines is 1. The smallest absolute Gasteiger partial charge is 0.342 e. The maximum Gasteiger partial charge on any atom is 0.342 e. The zero-order chi connectivity index (χ0) is 15.4. The topological polar surface area (TPSA) is 132 Å². The SMILES string of the molecule is O=C(O)Cc1ccc(Nc2ncc(C(=O)O)c(=O)[nH]2)cc1. The number of nitrogens with one attached hydrogen (secondary N) is 2. The van der Waals surface area contributed by atoms with E-state index in [1.54, 1.807) is 24.3 Å². The number of nitrogens with zero attached hydrogens (tertiary/aromatic N) is 1. The Hall–Kier alpha value is -3.16. The largest absolute Gasteiger partial charge is 0.481 e. The molecule has 0 amide bonds. The molecular formula is C13H11N3O5.